The fourth-order valence-corrected chi connectivity index (χ4v) is 2.31. The van der Waals surface area contributed by atoms with Gasteiger partial charge in [-0.3, -0.25) is 4.79 Å². The highest BCUT2D eigenvalue weighted by atomic mass is 16.3. The van der Waals surface area contributed by atoms with Crippen molar-refractivity contribution in [1.82, 2.24) is 10.3 Å². The summed E-state index contributed by atoms with van der Waals surface area (Å²) in [5, 5.41) is 12.9. The molecule has 0 saturated carbocycles. The van der Waals surface area contributed by atoms with Gasteiger partial charge in [0, 0.05) is 18.1 Å². The molecule has 0 atom stereocenters. The van der Waals surface area contributed by atoms with Crippen molar-refractivity contribution in [3.8, 4) is 0 Å². The van der Waals surface area contributed by atoms with Gasteiger partial charge in [-0.05, 0) is 23.3 Å². The van der Waals surface area contributed by atoms with Crippen LogP contribution in [0, 0.1) is 0 Å². The monoisotopic (exact) mass is 280 g/mol. The Hall–Kier alpha value is -2.59. The molecule has 0 unspecified atom stereocenters. The highest BCUT2D eigenvalue weighted by Crippen LogP contribution is 2.16. The van der Waals surface area contributed by atoms with E-state index in [1.807, 2.05) is 54.7 Å². The van der Waals surface area contributed by atoms with Gasteiger partial charge in [0.25, 0.3) is 5.91 Å². The summed E-state index contributed by atoms with van der Waals surface area (Å²) in [4.78, 5) is 15.4. The number of aromatic nitrogens is 1. The molecule has 3 N–H and O–H groups in total. The molecule has 0 bridgehead atoms. The third-order valence-electron chi connectivity index (χ3n) is 3.49. The van der Waals surface area contributed by atoms with E-state index >= 15 is 0 Å². The van der Waals surface area contributed by atoms with Crippen LogP contribution in [0.3, 0.4) is 0 Å². The maximum Gasteiger partial charge on any atom is 0.253 e. The summed E-state index contributed by atoms with van der Waals surface area (Å²) in [5.74, 6) is -0.103. The standard InChI is InChI=1S/C17H16N2O2/c20-11-13-6-4-12(5-7-13)10-19-17(21)15-3-1-2-14-8-9-18-16(14)15/h1-9,18,20H,10-11H2,(H,19,21). The Morgan fingerprint density at radius 1 is 1.05 bits per heavy atom. The van der Waals surface area contributed by atoms with Crippen LogP contribution in [0.5, 0.6) is 0 Å². The molecule has 0 radical (unpaired) electrons. The van der Waals surface area contributed by atoms with Crippen molar-refractivity contribution in [2.75, 3.05) is 0 Å². The van der Waals surface area contributed by atoms with Crippen LogP contribution < -0.4 is 5.32 Å². The molecule has 1 amide bonds. The third-order valence-corrected chi connectivity index (χ3v) is 3.49. The fraction of sp³-hybridized carbons (Fsp3) is 0.118. The molecule has 4 nitrogen and oxygen atoms in total. The first-order valence-electron chi connectivity index (χ1n) is 6.81. The lowest BCUT2D eigenvalue weighted by Gasteiger charge is -2.07. The van der Waals surface area contributed by atoms with Crippen LogP contribution in [0.1, 0.15) is 21.5 Å². The number of fused-ring (bicyclic) bond motifs is 1. The molecule has 1 heterocycles. The first-order valence-corrected chi connectivity index (χ1v) is 6.81. The molecule has 0 fully saturated rings. The number of aliphatic hydroxyl groups is 1. The number of rotatable bonds is 4. The highest BCUT2D eigenvalue weighted by molar-refractivity contribution is 6.05. The number of aromatic amines is 1. The third kappa shape index (κ3) is 2.80. The molecular weight excluding hydrogens is 264 g/mol. The molecule has 0 saturated heterocycles. The number of hydrogen-bond donors (Lipinski definition) is 3. The summed E-state index contributed by atoms with van der Waals surface area (Å²) in [6.45, 7) is 0.489. The van der Waals surface area contributed by atoms with E-state index in [-0.39, 0.29) is 12.5 Å². The number of benzene rings is 2. The zero-order chi connectivity index (χ0) is 14.7. The molecule has 3 rings (SSSR count). The molecular formula is C17H16N2O2. The molecule has 3 aromatic rings. The zero-order valence-electron chi connectivity index (χ0n) is 11.5. The van der Waals surface area contributed by atoms with Gasteiger partial charge in [0.15, 0.2) is 0 Å². The summed E-state index contributed by atoms with van der Waals surface area (Å²) in [6, 6.07) is 15.1. The van der Waals surface area contributed by atoms with Crippen LogP contribution >= 0.6 is 0 Å². The minimum absolute atomic E-state index is 0.0292. The first kappa shape index (κ1) is 13.4. The second-order valence-corrected chi connectivity index (χ2v) is 4.90. The van der Waals surface area contributed by atoms with E-state index in [0.717, 1.165) is 22.0 Å². The van der Waals surface area contributed by atoms with E-state index < -0.39 is 0 Å². The number of amides is 1. The van der Waals surface area contributed by atoms with E-state index in [1.165, 1.54) is 0 Å². The largest absolute Gasteiger partial charge is 0.392 e. The molecule has 21 heavy (non-hydrogen) atoms. The average Bonchev–Trinajstić information content (AvgIpc) is 3.01. The minimum Gasteiger partial charge on any atom is -0.392 e. The lowest BCUT2D eigenvalue weighted by Crippen LogP contribution is -2.23. The number of H-pyrrole nitrogens is 1. The van der Waals surface area contributed by atoms with Gasteiger partial charge in [0.05, 0.1) is 17.7 Å². The highest BCUT2D eigenvalue weighted by Gasteiger charge is 2.10. The van der Waals surface area contributed by atoms with Gasteiger partial charge < -0.3 is 15.4 Å². The van der Waals surface area contributed by atoms with Crippen molar-refractivity contribution in [3.63, 3.8) is 0 Å². The molecule has 106 valence electrons. The smallest absolute Gasteiger partial charge is 0.253 e. The van der Waals surface area contributed by atoms with Crippen LogP contribution in [0.25, 0.3) is 10.9 Å². The fourth-order valence-electron chi connectivity index (χ4n) is 2.31. The minimum atomic E-state index is -0.103. The molecule has 2 aromatic carbocycles. The van der Waals surface area contributed by atoms with Crippen molar-refractivity contribution in [2.45, 2.75) is 13.2 Å². The molecule has 0 aliphatic heterocycles. The Labute approximate surface area is 122 Å². The van der Waals surface area contributed by atoms with Crippen molar-refractivity contribution in [2.24, 2.45) is 0 Å². The van der Waals surface area contributed by atoms with Crippen molar-refractivity contribution in [3.05, 3.63) is 71.4 Å². The Morgan fingerprint density at radius 2 is 1.81 bits per heavy atom. The SMILES string of the molecule is O=C(NCc1ccc(CO)cc1)c1cccc2cc[nH]c12. The normalized spacial score (nSPS) is 10.7. The molecule has 0 spiro atoms. The number of carbonyl (C=O) groups is 1. The summed E-state index contributed by atoms with van der Waals surface area (Å²) < 4.78 is 0. The van der Waals surface area contributed by atoms with Crippen molar-refractivity contribution < 1.29 is 9.90 Å². The van der Waals surface area contributed by atoms with E-state index in [2.05, 4.69) is 10.3 Å². The van der Waals surface area contributed by atoms with E-state index in [0.29, 0.717) is 12.1 Å². The zero-order valence-corrected chi connectivity index (χ0v) is 11.5. The van der Waals surface area contributed by atoms with Gasteiger partial charge in [0.2, 0.25) is 0 Å². The summed E-state index contributed by atoms with van der Waals surface area (Å²) in [5.41, 5.74) is 3.36. The number of nitrogens with one attached hydrogen (secondary N) is 2. The average molecular weight is 280 g/mol. The Bertz CT molecular complexity index is 760. The van der Waals surface area contributed by atoms with Crippen molar-refractivity contribution >= 4 is 16.8 Å². The van der Waals surface area contributed by atoms with E-state index in [4.69, 9.17) is 5.11 Å². The van der Waals surface area contributed by atoms with Gasteiger partial charge in [-0.2, -0.15) is 0 Å². The van der Waals surface area contributed by atoms with Crippen LogP contribution in [0.15, 0.2) is 54.7 Å². The predicted molar refractivity (Wildman–Crippen MR) is 81.8 cm³/mol. The van der Waals surface area contributed by atoms with Crippen LogP contribution in [0.2, 0.25) is 0 Å². The van der Waals surface area contributed by atoms with Gasteiger partial charge in [-0.15, -0.1) is 0 Å². The Balaban J connectivity index is 1.72. The topological polar surface area (TPSA) is 65.1 Å². The van der Waals surface area contributed by atoms with Gasteiger partial charge in [-0.1, -0.05) is 36.4 Å². The van der Waals surface area contributed by atoms with Gasteiger partial charge in [0.1, 0.15) is 0 Å². The first-order chi connectivity index (χ1) is 10.3. The Morgan fingerprint density at radius 3 is 2.57 bits per heavy atom. The van der Waals surface area contributed by atoms with Gasteiger partial charge in [-0.25, -0.2) is 0 Å². The van der Waals surface area contributed by atoms with Crippen LogP contribution in [-0.2, 0) is 13.2 Å². The summed E-state index contributed by atoms with van der Waals surface area (Å²) in [7, 11) is 0. The molecule has 0 aliphatic carbocycles. The quantitative estimate of drug-likeness (QED) is 0.687. The lowest BCUT2D eigenvalue weighted by atomic mass is 10.1. The maximum atomic E-state index is 12.3. The number of para-hydroxylation sites is 1. The lowest BCUT2D eigenvalue weighted by molar-refractivity contribution is 0.0952. The predicted octanol–water partition coefficient (Wildman–Crippen LogP) is 2.59. The van der Waals surface area contributed by atoms with E-state index in [1.54, 1.807) is 0 Å². The molecule has 4 heteroatoms. The summed E-state index contributed by atoms with van der Waals surface area (Å²) in [6.07, 6.45) is 1.83. The number of carbonyl (C=O) groups excluding carboxylic acids is 1. The second-order valence-electron chi connectivity index (χ2n) is 4.90. The Kier molecular flexibility index (Phi) is 3.71. The number of aliphatic hydroxyl groups excluding tert-OH is 1. The van der Waals surface area contributed by atoms with Gasteiger partial charge >= 0.3 is 0 Å². The maximum absolute atomic E-state index is 12.3. The second kappa shape index (κ2) is 5.81. The molecule has 1 aromatic heterocycles. The number of hydrogen-bond acceptors (Lipinski definition) is 2. The summed E-state index contributed by atoms with van der Waals surface area (Å²) >= 11 is 0. The van der Waals surface area contributed by atoms with E-state index in [9.17, 15) is 4.79 Å². The van der Waals surface area contributed by atoms with Crippen LogP contribution in [-0.4, -0.2) is 16.0 Å². The molecule has 0 aliphatic rings. The van der Waals surface area contributed by atoms with Crippen LogP contribution in [0.4, 0.5) is 0 Å². The van der Waals surface area contributed by atoms with Crippen molar-refractivity contribution in [1.29, 1.82) is 0 Å².